The number of amides is 1. The van der Waals surface area contributed by atoms with Crippen LogP contribution in [0.4, 0.5) is 0 Å². The maximum atomic E-state index is 12.2. The van der Waals surface area contributed by atoms with Crippen molar-refractivity contribution < 1.29 is 4.79 Å². The van der Waals surface area contributed by atoms with Crippen molar-refractivity contribution in [3.63, 3.8) is 0 Å². The van der Waals surface area contributed by atoms with Gasteiger partial charge in [-0.3, -0.25) is 4.79 Å². The van der Waals surface area contributed by atoms with Crippen molar-refractivity contribution in [1.82, 2.24) is 19.7 Å². The van der Waals surface area contributed by atoms with Crippen molar-refractivity contribution >= 4 is 5.91 Å². The quantitative estimate of drug-likeness (QED) is 0.795. The molecular formula is C12H20N4O. The zero-order valence-electron chi connectivity index (χ0n) is 10.4. The molecule has 0 unspecified atom stereocenters. The first-order valence-electron chi connectivity index (χ1n) is 6.43. The molecule has 0 spiro atoms. The van der Waals surface area contributed by atoms with Gasteiger partial charge in [-0.15, -0.1) is 0 Å². The highest BCUT2D eigenvalue weighted by Crippen LogP contribution is 2.22. The normalized spacial score (nSPS) is 17.0. The summed E-state index contributed by atoms with van der Waals surface area (Å²) < 4.78 is 1.59. The Morgan fingerprint density at radius 1 is 1.41 bits per heavy atom. The van der Waals surface area contributed by atoms with Crippen LogP contribution in [0.25, 0.3) is 0 Å². The first-order valence-corrected chi connectivity index (χ1v) is 6.43. The zero-order valence-corrected chi connectivity index (χ0v) is 10.4. The third kappa shape index (κ3) is 3.05. The topological polar surface area (TPSA) is 51.0 Å². The van der Waals surface area contributed by atoms with Crippen LogP contribution in [0.5, 0.6) is 0 Å². The molecule has 1 aromatic heterocycles. The van der Waals surface area contributed by atoms with Crippen molar-refractivity contribution in [3.8, 4) is 0 Å². The van der Waals surface area contributed by atoms with Crippen molar-refractivity contribution in [2.45, 2.75) is 51.6 Å². The van der Waals surface area contributed by atoms with Gasteiger partial charge in [-0.05, 0) is 19.8 Å². The van der Waals surface area contributed by atoms with Gasteiger partial charge >= 0.3 is 0 Å². The van der Waals surface area contributed by atoms with Gasteiger partial charge in [0.2, 0.25) is 5.91 Å². The van der Waals surface area contributed by atoms with E-state index in [-0.39, 0.29) is 5.91 Å². The van der Waals surface area contributed by atoms with Crippen molar-refractivity contribution in [2.75, 3.05) is 6.54 Å². The maximum absolute atomic E-state index is 12.2. The summed E-state index contributed by atoms with van der Waals surface area (Å²) in [6.45, 7) is 3.15. The Morgan fingerprint density at radius 2 is 2.18 bits per heavy atom. The fourth-order valence-corrected chi connectivity index (χ4v) is 2.57. The molecule has 5 heteroatoms. The van der Waals surface area contributed by atoms with Gasteiger partial charge in [0, 0.05) is 12.6 Å². The molecule has 17 heavy (non-hydrogen) atoms. The smallest absolute Gasteiger partial charge is 0.244 e. The van der Waals surface area contributed by atoms with Crippen LogP contribution in [0.1, 0.15) is 39.0 Å². The van der Waals surface area contributed by atoms with Crippen LogP contribution in [0.15, 0.2) is 12.7 Å². The highest BCUT2D eigenvalue weighted by molar-refractivity contribution is 5.76. The Balaban J connectivity index is 1.94. The summed E-state index contributed by atoms with van der Waals surface area (Å²) in [5.41, 5.74) is 0. The SMILES string of the molecule is CCN(C(=O)Cn1cncn1)C1CCCCC1. The molecule has 1 amide bonds. The summed E-state index contributed by atoms with van der Waals surface area (Å²) in [4.78, 5) is 18.0. The highest BCUT2D eigenvalue weighted by atomic mass is 16.2. The van der Waals surface area contributed by atoms with Crippen LogP contribution in [-0.4, -0.2) is 38.2 Å². The van der Waals surface area contributed by atoms with E-state index in [1.807, 2.05) is 11.8 Å². The third-order valence-corrected chi connectivity index (χ3v) is 3.44. The second-order valence-corrected chi connectivity index (χ2v) is 4.56. The molecule has 0 aromatic carbocycles. The molecule has 1 aliphatic carbocycles. The molecule has 0 aliphatic heterocycles. The number of carbonyl (C=O) groups is 1. The van der Waals surface area contributed by atoms with Crippen LogP contribution in [-0.2, 0) is 11.3 Å². The van der Waals surface area contributed by atoms with E-state index in [9.17, 15) is 4.79 Å². The van der Waals surface area contributed by atoms with Crippen molar-refractivity contribution in [1.29, 1.82) is 0 Å². The number of hydrogen-bond acceptors (Lipinski definition) is 3. The molecule has 1 fully saturated rings. The fourth-order valence-electron chi connectivity index (χ4n) is 2.57. The number of aromatic nitrogens is 3. The molecule has 0 saturated heterocycles. The molecule has 1 aromatic rings. The first-order chi connectivity index (χ1) is 8.31. The minimum Gasteiger partial charge on any atom is -0.338 e. The molecule has 2 rings (SSSR count). The van der Waals surface area contributed by atoms with Crippen molar-refractivity contribution in [3.05, 3.63) is 12.7 Å². The number of carbonyl (C=O) groups excluding carboxylic acids is 1. The molecule has 0 radical (unpaired) electrons. The van der Waals surface area contributed by atoms with Crippen molar-refractivity contribution in [2.24, 2.45) is 0 Å². The first kappa shape index (κ1) is 12.1. The summed E-state index contributed by atoms with van der Waals surface area (Å²) in [5, 5.41) is 3.98. The second-order valence-electron chi connectivity index (χ2n) is 4.56. The van der Waals surface area contributed by atoms with E-state index in [1.54, 1.807) is 11.0 Å². The second kappa shape index (κ2) is 5.80. The van der Waals surface area contributed by atoms with Gasteiger partial charge in [-0.2, -0.15) is 5.10 Å². The number of likely N-dealkylation sites (N-methyl/N-ethyl adjacent to an activating group) is 1. The Hall–Kier alpha value is -1.39. The van der Waals surface area contributed by atoms with E-state index in [2.05, 4.69) is 10.1 Å². The molecular weight excluding hydrogens is 216 g/mol. The maximum Gasteiger partial charge on any atom is 0.244 e. The van der Waals surface area contributed by atoms with Crippen LogP contribution >= 0.6 is 0 Å². The third-order valence-electron chi connectivity index (χ3n) is 3.44. The average Bonchev–Trinajstić information content (AvgIpc) is 2.84. The van der Waals surface area contributed by atoms with Gasteiger partial charge in [0.25, 0.3) is 0 Å². The van der Waals surface area contributed by atoms with Crippen LogP contribution < -0.4 is 0 Å². The minimum absolute atomic E-state index is 0.157. The molecule has 94 valence electrons. The largest absolute Gasteiger partial charge is 0.338 e. The fraction of sp³-hybridized carbons (Fsp3) is 0.750. The summed E-state index contributed by atoms with van der Waals surface area (Å²) in [5.74, 6) is 0.157. The predicted octanol–water partition coefficient (Wildman–Crippen LogP) is 1.46. The lowest BCUT2D eigenvalue weighted by Crippen LogP contribution is -2.42. The Labute approximate surface area is 102 Å². The van der Waals surface area contributed by atoms with Gasteiger partial charge < -0.3 is 4.90 Å². The summed E-state index contributed by atoms with van der Waals surface area (Å²) >= 11 is 0. The molecule has 1 aliphatic rings. The number of hydrogen-bond donors (Lipinski definition) is 0. The lowest BCUT2D eigenvalue weighted by atomic mass is 9.94. The average molecular weight is 236 g/mol. The lowest BCUT2D eigenvalue weighted by Gasteiger charge is -2.33. The van der Waals surface area contributed by atoms with Crippen LogP contribution in [0.2, 0.25) is 0 Å². The van der Waals surface area contributed by atoms with E-state index in [0.29, 0.717) is 12.6 Å². The number of rotatable bonds is 4. The Kier molecular flexibility index (Phi) is 4.12. The zero-order chi connectivity index (χ0) is 12.1. The standard InChI is InChI=1S/C12H20N4O/c1-2-16(11-6-4-3-5-7-11)12(17)8-15-10-13-9-14-15/h9-11H,2-8H2,1H3. The molecule has 1 heterocycles. The van der Waals surface area contributed by atoms with Crippen LogP contribution in [0, 0.1) is 0 Å². The van der Waals surface area contributed by atoms with Gasteiger partial charge in [0.15, 0.2) is 0 Å². The molecule has 5 nitrogen and oxygen atoms in total. The summed E-state index contributed by atoms with van der Waals surface area (Å²) in [6.07, 6.45) is 9.16. The monoisotopic (exact) mass is 236 g/mol. The van der Waals surface area contributed by atoms with Gasteiger partial charge in [-0.25, -0.2) is 9.67 Å². The highest BCUT2D eigenvalue weighted by Gasteiger charge is 2.24. The van der Waals surface area contributed by atoms with E-state index in [0.717, 1.165) is 19.4 Å². The van der Waals surface area contributed by atoms with Crippen LogP contribution in [0.3, 0.4) is 0 Å². The predicted molar refractivity (Wildman–Crippen MR) is 64.3 cm³/mol. The summed E-state index contributed by atoms with van der Waals surface area (Å²) in [6, 6.07) is 0.435. The Bertz CT molecular complexity index is 343. The lowest BCUT2D eigenvalue weighted by molar-refractivity contribution is -0.134. The van der Waals surface area contributed by atoms with Gasteiger partial charge in [0.05, 0.1) is 0 Å². The molecule has 0 atom stereocenters. The minimum atomic E-state index is 0.157. The van der Waals surface area contributed by atoms with E-state index in [4.69, 9.17) is 0 Å². The van der Waals surface area contributed by atoms with E-state index >= 15 is 0 Å². The van der Waals surface area contributed by atoms with Gasteiger partial charge in [-0.1, -0.05) is 19.3 Å². The molecule has 0 bridgehead atoms. The summed E-state index contributed by atoms with van der Waals surface area (Å²) in [7, 11) is 0. The molecule has 1 saturated carbocycles. The Morgan fingerprint density at radius 3 is 2.76 bits per heavy atom. The number of nitrogens with zero attached hydrogens (tertiary/aromatic N) is 4. The van der Waals surface area contributed by atoms with Gasteiger partial charge in [0.1, 0.15) is 19.2 Å². The molecule has 0 N–H and O–H groups in total. The van der Waals surface area contributed by atoms with E-state index in [1.165, 1.54) is 25.6 Å². The van der Waals surface area contributed by atoms with E-state index < -0.39 is 0 Å².